The van der Waals surface area contributed by atoms with Crippen molar-refractivity contribution in [2.45, 2.75) is 12.5 Å². The van der Waals surface area contributed by atoms with Gasteiger partial charge in [-0.15, -0.1) is 0 Å². The number of hydrogen-bond acceptors (Lipinski definition) is 2. The van der Waals surface area contributed by atoms with Crippen LogP contribution in [0.15, 0.2) is 87.8 Å². The molecule has 0 aliphatic carbocycles. The number of rotatable bonds is 6. The maximum absolute atomic E-state index is 13.1. The molecule has 0 aliphatic heterocycles. The van der Waals surface area contributed by atoms with E-state index >= 15 is 0 Å². The minimum atomic E-state index is -0.876. The van der Waals surface area contributed by atoms with Crippen LogP contribution >= 0.6 is 31.9 Å². The number of carbonyl (C=O) groups excluding carboxylic acids is 1. The van der Waals surface area contributed by atoms with E-state index < -0.39 is 12.0 Å². The van der Waals surface area contributed by atoms with Crippen LogP contribution in [0.1, 0.15) is 27.6 Å². The molecular formula is C22H18Br2O2. The van der Waals surface area contributed by atoms with Crippen LogP contribution in [0.4, 0.5) is 0 Å². The first-order valence-electron chi connectivity index (χ1n) is 8.32. The predicted octanol–water partition coefficient (Wildman–Crippen LogP) is 5.99. The lowest BCUT2D eigenvalue weighted by Gasteiger charge is -2.23. The summed E-state index contributed by atoms with van der Waals surface area (Å²) in [5, 5.41) is 11.0. The number of benzene rings is 3. The summed E-state index contributed by atoms with van der Waals surface area (Å²) in [6.45, 7) is 0. The highest BCUT2D eigenvalue weighted by atomic mass is 79.9. The third kappa shape index (κ3) is 4.70. The topological polar surface area (TPSA) is 37.3 Å². The highest BCUT2D eigenvalue weighted by Crippen LogP contribution is 2.30. The van der Waals surface area contributed by atoms with E-state index in [4.69, 9.17) is 0 Å². The average Bonchev–Trinajstić information content (AvgIpc) is 2.68. The number of ketones is 1. The summed E-state index contributed by atoms with van der Waals surface area (Å²) in [5.41, 5.74) is 2.36. The summed E-state index contributed by atoms with van der Waals surface area (Å²) < 4.78 is 1.92. The maximum atomic E-state index is 13.1. The van der Waals surface area contributed by atoms with Gasteiger partial charge in [-0.25, -0.2) is 0 Å². The normalized spacial score (nSPS) is 13.2. The molecule has 0 saturated heterocycles. The van der Waals surface area contributed by atoms with Gasteiger partial charge in [0.2, 0.25) is 0 Å². The molecule has 4 heteroatoms. The third-order valence-electron chi connectivity index (χ3n) is 4.36. The quantitative estimate of drug-likeness (QED) is 0.446. The smallest absolute Gasteiger partial charge is 0.169 e. The van der Waals surface area contributed by atoms with E-state index in [-0.39, 0.29) is 5.78 Å². The Labute approximate surface area is 170 Å². The SMILES string of the molecule is O=C(c1ccccc1)C(Cc1ccc(Br)cc1)C(O)c1ccc(Br)cc1. The fraction of sp³-hybridized carbons (Fsp3) is 0.136. The minimum absolute atomic E-state index is 0.0519. The number of carbonyl (C=O) groups is 1. The molecule has 0 saturated carbocycles. The summed E-state index contributed by atoms with van der Waals surface area (Å²) >= 11 is 6.83. The van der Waals surface area contributed by atoms with E-state index in [0.29, 0.717) is 12.0 Å². The first kappa shape index (κ1) is 19.0. The van der Waals surface area contributed by atoms with E-state index in [1.807, 2.05) is 66.7 Å². The molecule has 3 aromatic rings. The van der Waals surface area contributed by atoms with Crippen LogP contribution in [0, 0.1) is 5.92 Å². The van der Waals surface area contributed by atoms with Crippen LogP contribution in [-0.2, 0) is 6.42 Å². The zero-order valence-electron chi connectivity index (χ0n) is 14.0. The Kier molecular flexibility index (Phi) is 6.41. The van der Waals surface area contributed by atoms with Crippen LogP contribution in [0.25, 0.3) is 0 Å². The van der Waals surface area contributed by atoms with Crippen LogP contribution in [0.3, 0.4) is 0 Å². The zero-order chi connectivity index (χ0) is 18.5. The Balaban J connectivity index is 1.93. The molecule has 2 atom stereocenters. The van der Waals surface area contributed by atoms with Gasteiger partial charge < -0.3 is 5.11 Å². The van der Waals surface area contributed by atoms with Crippen LogP contribution < -0.4 is 0 Å². The molecule has 0 aromatic heterocycles. The van der Waals surface area contributed by atoms with Crippen molar-refractivity contribution in [3.8, 4) is 0 Å². The van der Waals surface area contributed by atoms with Gasteiger partial charge in [0.05, 0.1) is 12.0 Å². The van der Waals surface area contributed by atoms with Gasteiger partial charge in [-0.3, -0.25) is 4.79 Å². The van der Waals surface area contributed by atoms with Gasteiger partial charge in [0.25, 0.3) is 0 Å². The molecule has 0 radical (unpaired) electrons. The molecule has 0 aliphatic rings. The fourth-order valence-electron chi connectivity index (χ4n) is 2.93. The van der Waals surface area contributed by atoms with E-state index in [0.717, 1.165) is 20.1 Å². The predicted molar refractivity (Wildman–Crippen MR) is 111 cm³/mol. The summed E-state index contributed by atoms with van der Waals surface area (Å²) in [6, 6.07) is 24.5. The summed E-state index contributed by atoms with van der Waals surface area (Å²) in [4.78, 5) is 13.1. The van der Waals surface area contributed by atoms with E-state index in [1.165, 1.54) is 0 Å². The van der Waals surface area contributed by atoms with Crippen molar-refractivity contribution in [1.29, 1.82) is 0 Å². The molecule has 0 amide bonds. The molecule has 26 heavy (non-hydrogen) atoms. The Hall–Kier alpha value is -1.75. The Morgan fingerprint density at radius 2 is 1.35 bits per heavy atom. The molecule has 2 unspecified atom stereocenters. The molecule has 1 N–H and O–H groups in total. The van der Waals surface area contributed by atoms with Crippen LogP contribution in [0.5, 0.6) is 0 Å². The average molecular weight is 474 g/mol. The minimum Gasteiger partial charge on any atom is -0.388 e. The van der Waals surface area contributed by atoms with Gasteiger partial charge in [0, 0.05) is 14.5 Å². The molecule has 0 bridgehead atoms. The van der Waals surface area contributed by atoms with Crippen LogP contribution in [0.2, 0.25) is 0 Å². The Morgan fingerprint density at radius 1 is 0.808 bits per heavy atom. The van der Waals surface area contributed by atoms with E-state index in [1.54, 1.807) is 12.1 Å². The van der Waals surface area contributed by atoms with Crippen molar-refractivity contribution in [2.75, 3.05) is 0 Å². The van der Waals surface area contributed by atoms with Gasteiger partial charge in [-0.05, 0) is 41.8 Å². The molecule has 3 rings (SSSR count). The molecule has 132 valence electrons. The Bertz CT molecular complexity index is 859. The van der Waals surface area contributed by atoms with Gasteiger partial charge in [-0.2, -0.15) is 0 Å². The number of halogens is 2. The summed E-state index contributed by atoms with van der Waals surface area (Å²) in [6.07, 6.45) is -0.405. The lowest BCUT2D eigenvalue weighted by Crippen LogP contribution is -2.25. The van der Waals surface area contributed by atoms with Crippen molar-refractivity contribution >= 4 is 37.6 Å². The second-order valence-electron chi connectivity index (χ2n) is 6.16. The first-order valence-corrected chi connectivity index (χ1v) is 9.90. The van der Waals surface area contributed by atoms with Gasteiger partial charge in [0.15, 0.2) is 5.78 Å². The van der Waals surface area contributed by atoms with E-state index in [9.17, 15) is 9.90 Å². The van der Waals surface area contributed by atoms with Crippen LogP contribution in [-0.4, -0.2) is 10.9 Å². The standard InChI is InChI=1S/C22H18Br2O2/c23-18-10-6-15(7-11-18)14-20(21(25)16-4-2-1-3-5-16)22(26)17-8-12-19(24)13-9-17/h1-13,20,22,26H,14H2. The van der Waals surface area contributed by atoms with Crippen molar-refractivity contribution in [3.05, 3.63) is 104 Å². The van der Waals surface area contributed by atoms with Gasteiger partial charge >= 0.3 is 0 Å². The first-order chi connectivity index (χ1) is 12.5. The second-order valence-corrected chi connectivity index (χ2v) is 8.00. The number of aliphatic hydroxyl groups excluding tert-OH is 1. The monoisotopic (exact) mass is 472 g/mol. The highest BCUT2D eigenvalue weighted by molar-refractivity contribution is 9.10. The number of aliphatic hydroxyl groups is 1. The third-order valence-corrected chi connectivity index (χ3v) is 5.41. The summed E-state index contributed by atoms with van der Waals surface area (Å²) in [5.74, 6) is -0.608. The molecule has 0 spiro atoms. The van der Waals surface area contributed by atoms with Gasteiger partial charge in [0.1, 0.15) is 0 Å². The van der Waals surface area contributed by atoms with E-state index in [2.05, 4.69) is 31.9 Å². The molecule has 0 fully saturated rings. The maximum Gasteiger partial charge on any atom is 0.169 e. The molecule has 3 aromatic carbocycles. The number of Topliss-reactive ketones (excluding diaryl/α,β-unsaturated/α-hetero) is 1. The fourth-order valence-corrected chi connectivity index (χ4v) is 3.46. The van der Waals surface area contributed by atoms with Gasteiger partial charge in [-0.1, -0.05) is 86.5 Å². The highest BCUT2D eigenvalue weighted by Gasteiger charge is 2.29. The second kappa shape index (κ2) is 8.76. The Morgan fingerprint density at radius 3 is 1.92 bits per heavy atom. The van der Waals surface area contributed by atoms with Crippen molar-refractivity contribution in [2.24, 2.45) is 5.92 Å². The zero-order valence-corrected chi connectivity index (χ0v) is 17.2. The molecular weight excluding hydrogens is 456 g/mol. The summed E-state index contributed by atoms with van der Waals surface area (Å²) in [7, 11) is 0. The van der Waals surface area contributed by atoms with Crippen molar-refractivity contribution in [3.63, 3.8) is 0 Å². The molecule has 0 heterocycles. The van der Waals surface area contributed by atoms with Crippen molar-refractivity contribution < 1.29 is 9.90 Å². The van der Waals surface area contributed by atoms with Crippen molar-refractivity contribution in [1.82, 2.24) is 0 Å². The largest absolute Gasteiger partial charge is 0.388 e. The lowest BCUT2D eigenvalue weighted by atomic mass is 9.84. The number of hydrogen-bond donors (Lipinski definition) is 1. The lowest BCUT2D eigenvalue weighted by molar-refractivity contribution is 0.0676. The molecule has 2 nitrogen and oxygen atoms in total.